The number of carbonyl (C=O) groups excluding carboxylic acids is 1. The minimum absolute atomic E-state index is 0.254. The van der Waals surface area contributed by atoms with E-state index in [0.717, 1.165) is 29.3 Å². The molecule has 0 unspecified atom stereocenters. The first-order valence-electron chi connectivity index (χ1n) is 10.0. The number of nitrogens with one attached hydrogen (secondary N) is 2. The minimum Gasteiger partial charge on any atom is -0.493 e. The lowest BCUT2D eigenvalue weighted by atomic mass is 10.1. The smallest absolute Gasteiger partial charge is 0.261 e. The molecule has 3 aromatic carbocycles. The number of rotatable bonds is 8. The highest BCUT2D eigenvalue weighted by atomic mass is 32.1. The first-order valence-corrected chi connectivity index (χ1v) is 10.4. The van der Waals surface area contributed by atoms with Crippen molar-refractivity contribution in [2.24, 2.45) is 0 Å². The minimum atomic E-state index is -0.285. The second-order valence-corrected chi connectivity index (χ2v) is 7.25. The summed E-state index contributed by atoms with van der Waals surface area (Å²) in [7, 11) is 0. The van der Waals surface area contributed by atoms with E-state index in [1.165, 1.54) is 12.8 Å². The average molecular weight is 407 g/mol. The Kier molecular flexibility index (Phi) is 7.59. The predicted octanol–water partition coefficient (Wildman–Crippen LogP) is 5.93. The Morgan fingerprint density at radius 1 is 0.931 bits per heavy atom. The predicted molar refractivity (Wildman–Crippen MR) is 124 cm³/mol. The van der Waals surface area contributed by atoms with Gasteiger partial charge in [0.15, 0.2) is 5.11 Å². The summed E-state index contributed by atoms with van der Waals surface area (Å²) in [5.41, 5.74) is 1.33. The molecule has 0 saturated heterocycles. The zero-order chi connectivity index (χ0) is 20.5. The van der Waals surface area contributed by atoms with E-state index in [9.17, 15) is 4.79 Å². The van der Waals surface area contributed by atoms with Crippen molar-refractivity contribution in [3.63, 3.8) is 0 Å². The van der Waals surface area contributed by atoms with Gasteiger partial charge in [-0.15, -0.1) is 0 Å². The third kappa shape index (κ3) is 5.78. The van der Waals surface area contributed by atoms with Gasteiger partial charge in [-0.3, -0.25) is 10.1 Å². The van der Waals surface area contributed by atoms with Crippen molar-refractivity contribution in [2.75, 3.05) is 11.9 Å². The van der Waals surface area contributed by atoms with Gasteiger partial charge in [-0.2, -0.15) is 0 Å². The van der Waals surface area contributed by atoms with Crippen LogP contribution in [0.5, 0.6) is 5.75 Å². The molecule has 4 nitrogen and oxygen atoms in total. The Labute approximate surface area is 177 Å². The monoisotopic (exact) mass is 406 g/mol. The molecule has 3 aromatic rings. The maximum Gasteiger partial charge on any atom is 0.261 e. The summed E-state index contributed by atoms with van der Waals surface area (Å²) < 4.78 is 5.84. The van der Waals surface area contributed by atoms with Crippen LogP contribution in [0.1, 0.15) is 43.0 Å². The van der Waals surface area contributed by atoms with Gasteiger partial charge < -0.3 is 10.1 Å². The van der Waals surface area contributed by atoms with Crippen molar-refractivity contribution in [1.29, 1.82) is 0 Å². The standard InChI is InChI=1S/C24H26N2O2S/c1-2-3-4-9-17-28-22-16-8-7-14-20(22)23(27)26-24(29)25-21-15-10-12-18-11-5-6-13-19(18)21/h5-8,10-16H,2-4,9,17H2,1H3,(H2,25,26,27,29). The molecule has 0 aliphatic carbocycles. The molecule has 0 bridgehead atoms. The van der Waals surface area contributed by atoms with Gasteiger partial charge in [-0.1, -0.05) is 74.7 Å². The molecule has 150 valence electrons. The summed E-state index contributed by atoms with van der Waals surface area (Å²) in [5.74, 6) is 0.293. The van der Waals surface area contributed by atoms with Crippen LogP contribution in [0.25, 0.3) is 10.8 Å². The number of unbranched alkanes of at least 4 members (excludes halogenated alkanes) is 3. The van der Waals surface area contributed by atoms with E-state index < -0.39 is 0 Å². The molecule has 0 fully saturated rings. The van der Waals surface area contributed by atoms with E-state index in [1.807, 2.05) is 60.7 Å². The SMILES string of the molecule is CCCCCCOc1ccccc1C(=O)NC(=S)Nc1cccc2ccccc12. The van der Waals surface area contributed by atoms with Gasteiger partial charge in [0.1, 0.15) is 5.75 Å². The number of fused-ring (bicyclic) bond motifs is 1. The van der Waals surface area contributed by atoms with Gasteiger partial charge in [-0.25, -0.2) is 0 Å². The summed E-state index contributed by atoms with van der Waals surface area (Å²) in [6.45, 7) is 2.78. The number of thiocarbonyl (C=S) groups is 1. The van der Waals surface area contributed by atoms with Gasteiger partial charge >= 0.3 is 0 Å². The van der Waals surface area contributed by atoms with Crippen LogP contribution < -0.4 is 15.4 Å². The topological polar surface area (TPSA) is 50.4 Å². The molecule has 0 aliphatic rings. The van der Waals surface area contributed by atoms with Gasteiger partial charge in [0, 0.05) is 11.1 Å². The Bertz CT molecular complexity index is 982. The first kappa shape index (κ1) is 20.8. The van der Waals surface area contributed by atoms with E-state index in [1.54, 1.807) is 6.07 Å². The first-order chi connectivity index (χ1) is 14.2. The number of anilines is 1. The molecule has 0 atom stereocenters. The van der Waals surface area contributed by atoms with Gasteiger partial charge in [0.2, 0.25) is 0 Å². The Hall–Kier alpha value is -2.92. The van der Waals surface area contributed by atoms with E-state index in [2.05, 4.69) is 17.6 Å². The van der Waals surface area contributed by atoms with Crippen LogP contribution in [0.2, 0.25) is 0 Å². The summed E-state index contributed by atoms with van der Waals surface area (Å²) >= 11 is 5.37. The van der Waals surface area contributed by atoms with Crippen LogP contribution in [0, 0.1) is 0 Å². The molecule has 0 heterocycles. The zero-order valence-electron chi connectivity index (χ0n) is 16.6. The lowest BCUT2D eigenvalue weighted by Gasteiger charge is -2.14. The van der Waals surface area contributed by atoms with E-state index in [0.29, 0.717) is 17.9 Å². The Balaban J connectivity index is 1.63. The maximum absolute atomic E-state index is 12.7. The highest BCUT2D eigenvalue weighted by Gasteiger charge is 2.14. The fraction of sp³-hybridized carbons (Fsp3) is 0.250. The summed E-state index contributed by atoms with van der Waals surface area (Å²) in [5, 5.41) is 8.29. The second-order valence-electron chi connectivity index (χ2n) is 6.84. The van der Waals surface area contributed by atoms with Crippen molar-refractivity contribution >= 4 is 39.7 Å². The lowest BCUT2D eigenvalue weighted by Crippen LogP contribution is -2.34. The zero-order valence-corrected chi connectivity index (χ0v) is 17.4. The van der Waals surface area contributed by atoms with Gasteiger partial charge in [0.25, 0.3) is 5.91 Å². The third-order valence-corrected chi connectivity index (χ3v) is 4.86. The molecule has 3 rings (SSSR count). The fourth-order valence-electron chi connectivity index (χ4n) is 3.15. The van der Waals surface area contributed by atoms with Crippen LogP contribution in [0.4, 0.5) is 5.69 Å². The molecule has 0 aliphatic heterocycles. The van der Waals surface area contributed by atoms with Crippen LogP contribution in [0.3, 0.4) is 0 Å². The van der Waals surface area contributed by atoms with E-state index in [-0.39, 0.29) is 11.0 Å². The number of carbonyl (C=O) groups is 1. The van der Waals surface area contributed by atoms with E-state index >= 15 is 0 Å². The molecule has 0 saturated carbocycles. The van der Waals surface area contributed by atoms with E-state index in [4.69, 9.17) is 17.0 Å². The largest absolute Gasteiger partial charge is 0.493 e. The molecule has 5 heteroatoms. The number of benzene rings is 3. The molecule has 0 radical (unpaired) electrons. The van der Waals surface area contributed by atoms with Crippen molar-refractivity contribution in [3.05, 3.63) is 72.3 Å². The van der Waals surface area contributed by atoms with Crippen molar-refractivity contribution in [2.45, 2.75) is 32.6 Å². The number of para-hydroxylation sites is 1. The van der Waals surface area contributed by atoms with Crippen LogP contribution in [-0.2, 0) is 0 Å². The van der Waals surface area contributed by atoms with Crippen molar-refractivity contribution in [3.8, 4) is 5.75 Å². The number of ether oxygens (including phenoxy) is 1. The van der Waals surface area contributed by atoms with Crippen molar-refractivity contribution < 1.29 is 9.53 Å². The Morgan fingerprint density at radius 3 is 2.55 bits per heavy atom. The van der Waals surface area contributed by atoms with Gasteiger partial charge in [-0.05, 0) is 42.2 Å². The number of hydrogen-bond donors (Lipinski definition) is 2. The summed E-state index contributed by atoms with van der Waals surface area (Å²) in [6.07, 6.45) is 4.48. The second kappa shape index (κ2) is 10.6. The summed E-state index contributed by atoms with van der Waals surface area (Å²) in [6, 6.07) is 21.2. The quantitative estimate of drug-likeness (QED) is 0.360. The third-order valence-electron chi connectivity index (χ3n) is 4.65. The highest BCUT2D eigenvalue weighted by Crippen LogP contribution is 2.23. The van der Waals surface area contributed by atoms with Crippen LogP contribution in [-0.4, -0.2) is 17.6 Å². The normalized spacial score (nSPS) is 10.5. The van der Waals surface area contributed by atoms with Gasteiger partial charge in [0.05, 0.1) is 12.2 Å². The molecule has 29 heavy (non-hydrogen) atoms. The highest BCUT2D eigenvalue weighted by molar-refractivity contribution is 7.80. The number of amides is 1. The molecule has 1 amide bonds. The summed E-state index contributed by atoms with van der Waals surface area (Å²) in [4.78, 5) is 12.7. The number of hydrogen-bond acceptors (Lipinski definition) is 3. The lowest BCUT2D eigenvalue weighted by molar-refractivity contribution is 0.0973. The van der Waals surface area contributed by atoms with Crippen molar-refractivity contribution in [1.82, 2.24) is 5.32 Å². The fourth-order valence-corrected chi connectivity index (χ4v) is 3.35. The van der Waals surface area contributed by atoms with Crippen LogP contribution >= 0.6 is 12.2 Å². The molecular weight excluding hydrogens is 380 g/mol. The Morgan fingerprint density at radius 2 is 1.69 bits per heavy atom. The average Bonchev–Trinajstić information content (AvgIpc) is 2.74. The molecular formula is C24H26N2O2S. The van der Waals surface area contributed by atoms with Crippen LogP contribution in [0.15, 0.2) is 66.7 Å². The molecule has 2 N–H and O–H groups in total. The molecule has 0 spiro atoms. The maximum atomic E-state index is 12.7. The molecule has 0 aromatic heterocycles.